The fourth-order valence-corrected chi connectivity index (χ4v) is 2.82. The molecular weight excluding hydrogens is 386 g/mol. The summed E-state index contributed by atoms with van der Waals surface area (Å²) in [5.74, 6) is -0.276. The Kier molecular flexibility index (Phi) is 6.77. The Morgan fingerprint density at radius 1 is 1.27 bits per heavy atom. The van der Waals surface area contributed by atoms with E-state index in [1.54, 1.807) is 12.1 Å². The van der Waals surface area contributed by atoms with E-state index < -0.39 is 12.1 Å². The monoisotopic (exact) mass is 413 g/mol. The fraction of sp³-hybridized carbons (Fsp3) is 0.409. The van der Waals surface area contributed by atoms with Gasteiger partial charge in [-0.3, -0.25) is 0 Å². The van der Waals surface area contributed by atoms with Crippen LogP contribution in [0.1, 0.15) is 45.4 Å². The van der Waals surface area contributed by atoms with Gasteiger partial charge in [0.2, 0.25) is 5.75 Å². The molecule has 2 rings (SSSR count). The van der Waals surface area contributed by atoms with Gasteiger partial charge in [0, 0.05) is 16.7 Å². The van der Waals surface area contributed by atoms with Gasteiger partial charge in [0.1, 0.15) is 17.5 Å². The van der Waals surface area contributed by atoms with Crippen LogP contribution in [0.2, 0.25) is 0 Å². The quantitative estimate of drug-likeness (QED) is 0.669. The fourth-order valence-electron chi connectivity index (χ4n) is 2.82. The Hall–Kier alpha value is -3.47. The second-order valence-electron chi connectivity index (χ2n) is 7.47. The summed E-state index contributed by atoms with van der Waals surface area (Å²) in [5.41, 5.74) is 8.05. The molecule has 0 saturated carbocycles. The summed E-state index contributed by atoms with van der Waals surface area (Å²) in [7, 11) is 2.88. The van der Waals surface area contributed by atoms with Gasteiger partial charge >= 0.3 is 5.97 Å². The summed E-state index contributed by atoms with van der Waals surface area (Å²) in [6, 6.07) is 7.27. The summed E-state index contributed by atoms with van der Waals surface area (Å²) >= 11 is 0. The lowest BCUT2D eigenvalue weighted by molar-refractivity contribution is -0.144. The topological polar surface area (TPSA) is 128 Å². The Morgan fingerprint density at radius 2 is 1.83 bits per heavy atom. The van der Waals surface area contributed by atoms with E-state index in [0.29, 0.717) is 11.1 Å². The van der Waals surface area contributed by atoms with Crippen LogP contribution < -0.4 is 19.9 Å². The van der Waals surface area contributed by atoms with E-state index in [0.717, 1.165) is 12.1 Å². The first-order chi connectivity index (χ1) is 14.1. The summed E-state index contributed by atoms with van der Waals surface area (Å²) in [5, 5.41) is 18.8. The summed E-state index contributed by atoms with van der Waals surface area (Å²) < 4.78 is 16.4. The SMILES string of the molecule is CCC(C)(C)c1cc(-c2cc(OC)c(OC(C)C(=O)O)c(OC)c2)c(C#N)c(N)n1. The van der Waals surface area contributed by atoms with Crippen LogP contribution in [0.3, 0.4) is 0 Å². The van der Waals surface area contributed by atoms with Crippen LogP contribution >= 0.6 is 0 Å². The normalized spacial score (nSPS) is 12.0. The zero-order chi connectivity index (χ0) is 22.6. The van der Waals surface area contributed by atoms with Gasteiger partial charge in [0.05, 0.1) is 14.2 Å². The molecule has 0 bridgehead atoms. The van der Waals surface area contributed by atoms with E-state index in [9.17, 15) is 10.1 Å². The minimum Gasteiger partial charge on any atom is -0.493 e. The maximum absolute atomic E-state index is 11.2. The van der Waals surface area contributed by atoms with Crippen LogP contribution in [0.4, 0.5) is 5.82 Å². The van der Waals surface area contributed by atoms with Gasteiger partial charge in [-0.25, -0.2) is 9.78 Å². The first-order valence-electron chi connectivity index (χ1n) is 9.46. The molecule has 2 aromatic rings. The lowest BCUT2D eigenvalue weighted by Crippen LogP contribution is -2.23. The van der Waals surface area contributed by atoms with E-state index in [1.807, 2.05) is 6.07 Å². The number of nitriles is 1. The molecule has 0 saturated heterocycles. The third kappa shape index (κ3) is 4.40. The van der Waals surface area contributed by atoms with Crippen molar-refractivity contribution in [1.29, 1.82) is 5.26 Å². The Bertz CT molecular complexity index is 970. The zero-order valence-electron chi connectivity index (χ0n) is 18.1. The molecule has 1 atom stereocenters. The van der Waals surface area contributed by atoms with Crippen molar-refractivity contribution < 1.29 is 24.1 Å². The van der Waals surface area contributed by atoms with Crippen molar-refractivity contribution in [3.63, 3.8) is 0 Å². The number of carboxylic acid groups (broad SMARTS) is 1. The molecule has 0 aliphatic heterocycles. The van der Waals surface area contributed by atoms with E-state index >= 15 is 0 Å². The number of hydrogen-bond donors (Lipinski definition) is 2. The van der Waals surface area contributed by atoms with E-state index in [2.05, 4.69) is 31.8 Å². The van der Waals surface area contributed by atoms with Crippen LogP contribution in [-0.4, -0.2) is 36.4 Å². The van der Waals surface area contributed by atoms with Gasteiger partial charge in [-0.05, 0) is 37.1 Å². The number of hydrogen-bond acceptors (Lipinski definition) is 7. The number of aromatic nitrogens is 1. The molecule has 0 radical (unpaired) electrons. The average molecular weight is 413 g/mol. The van der Waals surface area contributed by atoms with Gasteiger partial charge < -0.3 is 25.1 Å². The largest absolute Gasteiger partial charge is 0.493 e. The number of rotatable bonds is 8. The molecule has 0 spiro atoms. The predicted octanol–water partition coefficient (Wildman–Crippen LogP) is 3.76. The zero-order valence-corrected chi connectivity index (χ0v) is 18.1. The molecule has 3 N–H and O–H groups in total. The number of benzene rings is 1. The van der Waals surface area contributed by atoms with Crippen molar-refractivity contribution in [2.45, 2.75) is 45.6 Å². The van der Waals surface area contributed by atoms with Crippen molar-refractivity contribution in [2.24, 2.45) is 0 Å². The number of anilines is 1. The second kappa shape index (κ2) is 8.91. The maximum Gasteiger partial charge on any atom is 0.344 e. The molecule has 1 aromatic carbocycles. The van der Waals surface area contributed by atoms with Gasteiger partial charge in [-0.2, -0.15) is 5.26 Å². The molecule has 0 amide bonds. The molecule has 1 aromatic heterocycles. The number of carbonyl (C=O) groups is 1. The van der Waals surface area contributed by atoms with Gasteiger partial charge in [0.15, 0.2) is 17.6 Å². The molecule has 0 aliphatic rings. The van der Waals surface area contributed by atoms with Crippen molar-refractivity contribution in [2.75, 3.05) is 20.0 Å². The van der Waals surface area contributed by atoms with Crippen LogP contribution in [0, 0.1) is 11.3 Å². The van der Waals surface area contributed by atoms with Crippen LogP contribution in [0.15, 0.2) is 18.2 Å². The number of aliphatic carboxylic acids is 1. The number of carboxylic acids is 1. The van der Waals surface area contributed by atoms with Crippen LogP contribution in [0.25, 0.3) is 11.1 Å². The van der Waals surface area contributed by atoms with Crippen LogP contribution in [-0.2, 0) is 10.2 Å². The summed E-state index contributed by atoms with van der Waals surface area (Å²) in [4.78, 5) is 15.6. The van der Waals surface area contributed by atoms with E-state index in [1.165, 1.54) is 21.1 Å². The molecule has 0 fully saturated rings. The summed E-state index contributed by atoms with van der Waals surface area (Å²) in [6.07, 6.45) is -0.279. The van der Waals surface area contributed by atoms with E-state index in [-0.39, 0.29) is 34.0 Å². The average Bonchev–Trinajstić information content (AvgIpc) is 2.72. The molecule has 8 heteroatoms. The Balaban J connectivity index is 2.75. The number of nitrogen functional groups attached to an aromatic ring is 1. The van der Waals surface area contributed by atoms with Gasteiger partial charge in [-0.1, -0.05) is 20.8 Å². The molecule has 30 heavy (non-hydrogen) atoms. The lowest BCUT2D eigenvalue weighted by Gasteiger charge is -2.24. The third-order valence-electron chi connectivity index (χ3n) is 5.15. The first-order valence-corrected chi connectivity index (χ1v) is 9.46. The van der Waals surface area contributed by atoms with Gasteiger partial charge in [-0.15, -0.1) is 0 Å². The number of nitrogens with two attached hydrogens (primary N) is 1. The molecule has 0 aliphatic carbocycles. The minimum atomic E-state index is -1.12. The maximum atomic E-state index is 11.2. The second-order valence-corrected chi connectivity index (χ2v) is 7.47. The number of nitrogens with zero attached hydrogens (tertiary/aromatic N) is 2. The summed E-state index contributed by atoms with van der Waals surface area (Å²) in [6.45, 7) is 7.56. The molecule has 160 valence electrons. The molecule has 8 nitrogen and oxygen atoms in total. The number of ether oxygens (including phenoxy) is 3. The standard InChI is InChI=1S/C22H27N3O5/c1-7-22(3,4)18-10-14(15(11-23)20(24)25-18)13-8-16(28-5)19(17(9-13)29-6)30-12(2)21(26)27/h8-10,12H,7H2,1-6H3,(H2,24,25)(H,26,27). The molecular formula is C22H27N3O5. The van der Waals surface area contributed by atoms with Crippen molar-refractivity contribution in [3.8, 4) is 34.4 Å². The van der Waals surface area contributed by atoms with Crippen molar-refractivity contribution >= 4 is 11.8 Å². The highest BCUT2D eigenvalue weighted by molar-refractivity contribution is 5.79. The highest BCUT2D eigenvalue weighted by Gasteiger charge is 2.25. The highest BCUT2D eigenvalue weighted by atomic mass is 16.6. The lowest BCUT2D eigenvalue weighted by atomic mass is 9.84. The highest BCUT2D eigenvalue weighted by Crippen LogP contribution is 2.43. The number of pyridine rings is 1. The van der Waals surface area contributed by atoms with Crippen molar-refractivity contribution in [1.82, 2.24) is 4.98 Å². The molecule has 1 heterocycles. The van der Waals surface area contributed by atoms with Crippen LogP contribution in [0.5, 0.6) is 17.2 Å². The Labute approximate surface area is 176 Å². The van der Waals surface area contributed by atoms with Crippen molar-refractivity contribution in [3.05, 3.63) is 29.5 Å². The third-order valence-corrected chi connectivity index (χ3v) is 5.15. The van der Waals surface area contributed by atoms with Gasteiger partial charge in [0.25, 0.3) is 0 Å². The smallest absolute Gasteiger partial charge is 0.344 e. The molecule has 1 unspecified atom stereocenters. The number of methoxy groups -OCH3 is 2. The minimum absolute atomic E-state index is 0.143. The first kappa shape index (κ1) is 22.8. The van der Waals surface area contributed by atoms with E-state index in [4.69, 9.17) is 25.1 Å². The predicted molar refractivity (Wildman–Crippen MR) is 113 cm³/mol. The Morgan fingerprint density at radius 3 is 2.27 bits per heavy atom.